The Bertz CT molecular complexity index is 628. The van der Waals surface area contributed by atoms with Gasteiger partial charge in [-0.1, -0.05) is 13.0 Å². The molecule has 1 aromatic carbocycles. The van der Waals surface area contributed by atoms with E-state index in [9.17, 15) is 4.39 Å². The molecule has 0 aliphatic rings. The van der Waals surface area contributed by atoms with Crippen molar-refractivity contribution in [2.24, 2.45) is 0 Å². The Kier molecular flexibility index (Phi) is 4.73. The molecule has 1 N–H and O–H groups in total. The van der Waals surface area contributed by atoms with Crippen LogP contribution in [-0.4, -0.2) is 23.6 Å². The highest BCUT2D eigenvalue weighted by atomic mass is 19.1. The molecule has 0 aliphatic heterocycles. The van der Waals surface area contributed by atoms with E-state index in [1.807, 2.05) is 38.8 Å². The van der Waals surface area contributed by atoms with Gasteiger partial charge in [-0.2, -0.15) is 0 Å². The first-order valence-electron chi connectivity index (χ1n) is 7.19. The summed E-state index contributed by atoms with van der Waals surface area (Å²) in [6.07, 6.45) is 0.753. The van der Waals surface area contributed by atoms with Gasteiger partial charge in [0.15, 0.2) is 0 Å². The molecule has 0 atom stereocenters. The summed E-state index contributed by atoms with van der Waals surface area (Å²) in [5.41, 5.74) is 1.75. The maximum Gasteiger partial charge on any atom is 0.141 e. The van der Waals surface area contributed by atoms with Gasteiger partial charge in [-0.05, 0) is 32.0 Å². The predicted octanol–water partition coefficient (Wildman–Crippen LogP) is 3.69. The van der Waals surface area contributed by atoms with E-state index < -0.39 is 0 Å². The molecule has 5 heteroatoms. The number of aryl methyl sites for hydroxylation is 1. The molecule has 21 heavy (non-hydrogen) atoms. The standard InChI is InChI=1S/C16H21FN4/c1-5-14-19-15(18-4)11(3)16(20-14)21(6-2)13-9-7-8-12(17)10-13/h7-10H,5-6H2,1-4H3,(H,18,19,20). The van der Waals surface area contributed by atoms with Crippen LogP contribution in [0.2, 0.25) is 0 Å². The topological polar surface area (TPSA) is 41.1 Å². The second-order valence-electron chi connectivity index (χ2n) is 4.76. The first kappa shape index (κ1) is 15.2. The molecule has 1 aromatic heterocycles. The van der Waals surface area contributed by atoms with Crippen molar-refractivity contribution in [3.05, 3.63) is 41.5 Å². The zero-order valence-electron chi connectivity index (χ0n) is 12.9. The molecular formula is C16H21FN4. The number of rotatable bonds is 5. The monoisotopic (exact) mass is 288 g/mol. The van der Waals surface area contributed by atoms with Crippen molar-refractivity contribution in [3.63, 3.8) is 0 Å². The molecule has 0 saturated carbocycles. The highest BCUT2D eigenvalue weighted by Gasteiger charge is 2.16. The second kappa shape index (κ2) is 6.52. The number of hydrogen-bond donors (Lipinski definition) is 1. The fraction of sp³-hybridized carbons (Fsp3) is 0.375. The first-order chi connectivity index (χ1) is 10.1. The van der Waals surface area contributed by atoms with Crippen LogP contribution in [0.15, 0.2) is 24.3 Å². The van der Waals surface area contributed by atoms with E-state index in [-0.39, 0.29) is 5.82 Å². The Morgan fingerprint density at radius 2 is 2.00 bits per heavy atom. The Balaban J connectivity index is 2.56. The summed E-state index contributed by atoms with van der Waals surface area (Å²) in [4.78, 5) is 11.1. The summed E-state index contributed by atoms with van der Waals surface area (Å²) in [6.45, 7) is 6.72. The van der Waals surface area contributed by atoms with Gasteiger partial charge in [-0.25, -0.2) is 14.4 Å². The quantitative estimate of drug-likeness (QED) is 0.911. The molecule has 2 aromatic rings. The van der Waals surface area contributed by atoms with Crippen molar-refractivity contribution in [2.75, 3.05) is 23.8 Å². The highest BCUT2D eigenvalue weighted by molar-refractivity contribution is 5.67. The molecule has 0 amide bonds. The van der Waals surface area contributed by atoms with Crippen LogP contribution in [-0.2, 0) is 6.42 Å². The van der Waals surface area contributed by atoms with Gasteiger partial charge in [0, 0.05) is 31.3 Å². The number of hydrogen-bond acceptors (Lipinski definition) is 4. The minimum Gasteiger partial charge on any atom is -0.373 e. The lowest BCUT2D eigenvalue weighted by Crippen LogP contribution is -2.20. The summed E-state index contributed by atoms with van der Waals surface area (Å²) in [5.74, 6) is 2.16. The summed E-state index contributed by atoms with van der Waals surface area (Å²) < 4.78 is 13.5. The van der Waals surface area contributed by atoms with Crippen molar-refractivity contribution in [3.8, 4) is 0 Å². The number of nitrogens with zero attached hydrogens (tertiary/aromatic N) is 3. The van der Waals surface area contributed by atoms with Crippen molar-refractivity contribution in [1.29, 1.82) is 0 Å². The fourth-order valence-corrected chi connectivity index (χ4v) is 2.31. The zero-order valence-corrected chi connectivity index (χ0v) is 12.9. The Morgan fingerprint density at radius 1 is 1.24 bits per heavy atom. The third-order valence-electron chi connectivity index (χ3n) is 3.41. The van der Waals surface area contributed by atoms with E-state index in [0.717, 1.165) is 35.1 Å². The Labute approximate surface area is 125 Å². The van der Waals surface area contributed by atoms with Crippen LogP contribution in [0.5, 0.6) is 0 Å². The van der Waals surface area contributed by atoms with Gasteiger partial charge in [0.25, 0.3) is 0 Å². The van der Waals surface area contributed by atoms with Crippen molar-refractivity contribution >= 4 is 17.3 Å². The SMILES string of the molecule is CCc1nc(NC)c(C)c(N(CC)c2cccc(F)c2)n1. The van der Waals surface area contributed by atoms with E-state index >= 15 is 0 Å². The maximum atomic E-state index is 13.5. The normalized spacial score (nSPS) is 10.5. The zero-order chi connectivity index (χ0) is 15.4. The van der Waals surface area contributed by atoms with Gasteiger partial charge >= 0.3 is 0 Å². The molecule has 0 unspecified atom stereocenters. The molecule has 4 nitrogen and oxygen atoms in total. The molecule has 1 heterocycles. The summed E-state index contributed by atoms with van der Waals surface area (Å²) in [6, 6.07) is 6.57. The van der Waals surface area contributed by atoms with E-state index in [4.69, 9.17) is 0 Å². The van der Waals surface area contributed by atoms with Crippen LogP contribution in [0.1, 0.15) is 25.2 Å². The third kappa shape index (κ3) is 3.12. The molecule has 0 saturated heterocycles. The average Bonchev–Trinajstić information content (AvgIpc) is 2.49. The Morgan fingerprint density at radius 3 is 2.57 bits per heavy atom. The smallest absolute Gasteiger partial charge is 0.141 e. The van der Waals surface area contributed by atoms with Gasteiger partial charge in [-0.3, -0.25) is 0 Å². The molecule has 0 bridgehead atoms. The highest BCUT2D eigenvalue weighted by Crippen LogP contribution is 2.29. The summed E-state index contributed by atoms with van der Waals surface area (Å²) in [7, 11) is 1.84. The molecule has 0 spiro atoms. The lowest BCUT2D eigenvalue weighted by Gasteiger charge is -2.25. The van der Waals surface area contributed by atoms with E-state index in [1.54, 1.807) is 6.07 Å². The van der Waals surface area contributed by atoms with Gasteiger partial charge in [0.05, 0.1) is 0 Å². The number of benzene rings is 1. The summed E-state index contributed by atoms with van der Waals surface area (Å²) in [5, 5.41) is 3.10. The van der Waals surface area contributed by atoms with Crippen molar-refractivity contribution in [1.82, 2.24) is 9.97 Å². The second-order valence-corrected chi connectivity index (χ2v) is 4.76. The van der Waals surface area contributed by atoms with Crippen molar-refractivity contribution in [2.45, 2.75) is 27.2 Å². The predicted molar refractivity (Wildman–Crippen MR) is 84.8 cm³/mol. The van der Waals surface area contributed by atoms with E-state index in [1.165, 1.54) is 12.1 Å². The lowest BCUT2D eigenvalue weighted by atomic mass is 10.2. The van der Waals surface area contributed by atoms with Crippen LogP contribution in [0, 0.1) is 12.7 Å². The lowest BCUT2D eigenvalue weighted by molar-refractivity contribution is 0.627. The van der Waals surface area contributed by atoms with Crippen LogP contribution in [0.4, 0.5) is 21.7 Å². The molecule has 112 valence electrons. The number of halogens is 1. The molecule has 0 radical (unpaired) electrons. The number of anilines is 3. The van der Waals surface area contributed by atoms with Crippen molar-refractivity contribution < 1.29 is 4.39 Å². The number of aromatic nitrogens is 2. The molecular weight excluding hydrogens is 267 g/mol. The van der Waals surface area contributed by atoms with Crippen LogP contribution >= 0.6 is 0 Å². The minimum absolute atomic E-state index is 0.248. The third-order valence-corrected chi connectivity index (χ3v) is 3.41. The molecule has 2 rings (SSSR count). The maximum absolute atomic E-state index is 13.5. The molecule has 0 fully saturated rings. The van der Waals surface area contributed by atoms with Gasteiger partial charge in [0.1, 0.15) is 23.3 Å². The average molecular weight is 288 g/mol. The molecule has 0 aliphatic carbocycles. The largest absolute Gasteiger partial charge is 0.373 e. The number of nitrogens with one attached hydrogen (secondary N) is 1. The minimum atomic E-state index is -0.248. The van der Waals surface area contributed by atoms with Crippen LogP contribution in [0.3, 0.4) is 0 Å². The summed E-state index contributed by atoms with van der Waals surface area (Å²) >= 11 is 0. The van der Waals surface area contributed by atoms with Crippen LogP contribution in [0.25, 0.3) is 0 Å². The fourth-order valence-electron chi connectivity index (χ4n) is 2.31. The van der Waals surface area contributed by atoms with E-state index in [0.29, 0.717) is 6.54 Å². The van der Waals surface area contributed by atoms with Crippen LogP contribution < -0.4 is 10.2 Å². The first-order valence-corrected chi connectivity index (χ1v) is 7.19. The Hall–Kier alpha value is -2.17. The van der Waals surface area contributed by atoms with E-state index in [2.05, 4.69) is 15.3 Å². The van der Waals surface area contributed by atoms with Gasteiger partial charge in [0.2, 0.25) is 0 Å². The van der Waals surface area contributed by atoms with Gasteiger partial charge in [-0.15, -0.1) is 0 Å². The van der Waals surface area contributed by atoms with Gasteiger partial charge < -0.3 is 10.2 Å².